The van der Waals surface area contributed by atoms with Crippen LogP contribution in [0.1, 0.15) is 47.0 Å². The van der Waals surface area contributed by atoms with Gasteiger partial charge in [0.2, 0.25) is 5.91 Å². The van der Waals surface area contributed by atoms with Crippen molar-refractivity contribution in [2.24, 2.45) is 11.7 Å². The highest BCUT2D eigenvalue weighted by atomic mass is 16.2. The van der Waals surface area contributed by atoms with Gasteiger partial charge in [0.25, 0.3) is 0 Å². The van der Waals surface area contributed by atoms with E-state index in [0.29, 0.717) is 5.92 Å². The smallest absolute Gasteiger partial charge is 0.242 e. The van der Waals surface area contributed by atoms with Crippen LogP contribution in [0.4, 0.5) is 0 Å². The van der Waals surface area contributed by atoms with Gasteiger partial charge in [-0.2, -0.15) is 0 Å². The maximum absolute atomic E-state index is 12.4. The number of amides is 1. The first-order valence-corrected chi connectivity index (χ1v) is 7.75. The Bertz CT molecular complexity index is 287. The van der Waals surface area contributed by atoms with Gasteiger partial charge in [0.15, 0.2) is 0 Å². The quantitative estimate of drug-likeness (QED) is 0.765. The van der Waals surface area contributed by atoms with Gasteiger partial charge < -0.3 is 15.5 Å². The minimum absolute atomic E-state index is 0.136. The fraction of sp³-hybridized carbons (Fsp3) is 0.933. The second-order valence-electron chi connectivity index (χ2n) is 6.06. The molecule has 0 aromatic rings. The Labute approximate surface area is 118 Å². The fourth-order valence-electron chi connectivity index (χ4n) is 3.00. The van der Waals surface area contributed by atoms with Crippen LogP contribution < -0.4 is 5.73 Å². The Morgan fingerprint density at radius 3 is 2.53 bits per heavy atom. The summed E-state index contributed by atoms with van der Waals surface area (Å²) in [6.07, 6.45) is 2.84. The van der Waals surface area contributed by atoms with Crippen LogP contribution in [0.15, 0.2) is 0 Å². The Hall–Kier alpha value is -0.610. The summed E-state index contributed by atoms with van der Waals surface area (Å²) in [5, 5.41) is 0. The van der Waals surface area contributed by atoms with Crippen molar-refractivity contribution < 1.29 is 4.79 Å². The molecule has 0 radical (unpaired) electrons. The molecule has 2 unspecified atom stereocenters. The van der Waals surface area contributed by atoms with Gasteiger partial charge in [-0.25, -0.2) is 0 Å². The van der Waals surface area contributed by atoms with Crippen molar-refractivity contribution in [3.8, 4) is 0 Å². The summed E-state index contributed by atoms with van der Waals surface area (Å²) in [7, 11) is 0. The van der Waals surface area contributed by atoms with Gasteiger partial charge in [-0.3, -0.25) is 4.79 Å². The molecule has 0 saturated carbocycles. The molecule has 1 saturated heterocycles. The molecule has 112 valence electrons. The Kier molecular flexibility index (Phi) is 6.27. The molecule has 0 aromatic heterocycles. The van der Waals surface area contributed by atoms with Crippen LogP contribution in [0.25, 0.3) is 0 Å². The molecule has 0 spiro atoms. The molecule has 4 heteroatoms. The summed E-state index contributed by atoms with van der Waals surface area (Å²) < 4.78 is 0. The Balaban J connectivity index is 2.49. The number of rotatable bonds is 7. The van der Waals surface area contributed by atoms with Crippen molar-refractivity contribution in [3.63, 3.8) is 0 Å². The topological polar surface area (TPSA) is 49.6 Å². The first-order chi connectivity index (χ1) is 8.94. The maximum Gasteiger partial charge on any atom is 0.242 e. The van der Waals surface area contributed by atoms with Gasteiger partial charge in [-0.1, -0.05) is 27.2 Å². The van der Waals surface area contributed by atoms with E-state index >= 15 is 0 Å². The third kappa shape index (κ3) is 4.46. The lowest BCUT2D eigenvalue weighted by Gasteiger charge is -2.29. The van der Waals surface area contributed by atoms with Crippen LogP contribution >= 0.6 is 0 Å². The van der Waals surface area contributed by atoms with E-state index in [0.717, 1.165) is 52.0 Å². The van der Waals surface area contributed by atoms with Crippen molar-refractivity contribution in [2.45, 2.75) is 52.5 Å². The SMILES string of the molecule is CCCC(C)(N)C(=O)N1CCC(CN(CC)CC)C1. The van der Waals surface area contributed by atoms with Gasteiger partial charge in [0, 0.05) is 19.6 Å². The van der Waals surface area contributed by atoms with Crippen LogP contribution in [0.2, 0.25) is 0 Å². The summed E-state index contributed by atoms with van der Waals surface area (Å²) >= 11 is 0. The summed E-state index contributed by atoms with van der Waals surface area (Å²) in [5.41, 5.74) is 5.47. The molecule has 0 aliphatic carbocycles. The molecule has 1 aliphatic heterocycles. The normalized spacial score (nSPS) is 22.8. The number of carbonyl (C=O) groups is 1. The third-order valence-electron chi connectivity index (χ3n) is 4.24. The highest BCUT2D eigenvalue weighted by Crippen LogP contribution is 2.22. The molecule has 2 atom stereocenters. The van der Waals surface area contributed by atoms with Crippen LogP contribution in [-0.4, -0.2) is 54.0 Å². The first-order valence-electron chi connectivity index (χ1n) is 7.75. The lowest BCUT2D eigenvalue weighted by molar-refractivity contribution is -0.135. The third-order valence-corrected chi connectivity index (χ3v) is 4.24. The van der Waals surface area contributed by atoms with E-state index in [1.165, 1.54) is 0 Å². The van der Waals surface area contributed by atoms with Crippen molar-refractivity contribution in [1.29, 1.82) is 0 Å². The van der Waals surface area contributed by atoms with E-state index < -0.39 is 5.54 Å². The molecule has 0 bridgehead atoms. The lowest BCUT2D eigenvalue weighted by Crippen LogP contribution is -2.52. The molecule has 19 heavy (non-hydrogen) atoms. The van der Waals surface area contributed by atoms with E-state index in [1.807, 2.05) is 11.8 Å². The Morgan fingerprint density at radius 1 is 1.37 bits per heavy atom. The number of carbonyl (C=O) groups excluding carboxylic acids is 1. The summed E-state index contributed by atoms with van der Waals surface area (Å²) in [4.78, 5) is 16.8. The second-order valence-corrected chi connectivity index (χ2v) is 6.06. The maximum atomic E-state index is 12.4. The average molecular weight is 269 g/mol. The Morgan fingerprint density at radius 2 is 2.00 bits per heavy atom. The largest absolute Gasteiger partial charge is 0.341 e. The van der Waals surface area contributed by atoms with E-state index in [2.05, 4.69) is 25.7 Å². The number of likely N-dealkylation sites (tertiary alicyclic amines) is 1. The summed E-state index contributed by atoms with van der Waals surface area (Å²) in [5.74, 6) is 0.748. The minimum Gasteiger partial charge on any atom is -0.341 e. The number of hydrogen-bond donors (Lipinski definition) is 1. The minimum atomic E-state index is -0.682. The van der Waals surface area contributed by atoms with E-state index in [-0.39, 0.29) is 5.91 Å². The van der Waals surface area contributed by atoms with Gasteiger partial charge >= 0.3 is 0 Å². The predicted octanol–water partition coefficient (Wildman–Crippen LogP) is 1.69. The van der Waals surface area contributed by atoms with Crippen molar-refractivity contribution in [2.75, 3.05) is 32.7 Å². The van der Waals surface area contributed by atoms with Crippen LogP contribution in [0.3, 0.4) is 0 Å². The van der Waals surface area contributed by atoms with E-state index in [1.54, 1.807) is 0 Å². The highest BCUT2D eigenvalue weighted by Gasteiger charge is 2.35. The molecular formula is C15H31N3O. The summed E-state index contributed by atoms with van der Waals surface area (Å²) in [6.45, 7) is 13.4. The number of nitrogens with zero attached hydrogens (tertiary/aromatic N) is 2. The monoisotopic (exact) mass is 269 g/mol. The standard InChI is InChI=1S/C15H31N3O/c1-5-9-15(4,16)14(19)18-10-8-13(12-18)11-17(6-2)7-3/h13H,5-12,16H2,1-4H3. The molecule has 0 aromatic carbocycles. The van der Waals surface area contributed by atoms with Gasteiger partial charge in [-0.05, 0) is 38.8 Å². The number of nitrogens with two attached hydrogens (primary N) is 1. The molecule has 1 rings (SSSR count). The first kappa shape index (κ1) is 16.4. The van der Waals surface area contributed by atoms with Gasteiger partial charge in [0.05, 0.1) is 5.54 Å². The second kappa shape index (κ2) is 7.25. The highest BCUT2D eigenvalue weighted by molar-refractivity contribution is 5.85. The molecule has 1 aliphatic rings. The van der Waals surface area contributed by atoms with Crippen LogP contribution in [0, 0.1) is 5.92 Å². The lowest BCUT2D eigenvalue weighted by atomic mass is 9.96. The zero-order valence-corrected chi connectivity index (χ0v) is 13.1. The van der Waals surface area contributed by atoms with E-state index in [9.17, 15) is 4.79 Å². The number of hydrogen-bond acceptors (Lipinski definition) is 3. The van der Waals surface area contributed by atoms with Gasteiger partial charge in [-0.15, -0.1) is 0 Å². The zero-order chi connectivity index (χ0) is 14.5. The van der Waals surface area contributed by atoms with Crippen LogP contribution in [-0.2, 0) is 4.79 Å². The van der Waals surface area contributed by atoms with E-state index in [4.69, 9.17) is 5.73 Å². The average Bonchev–Trinajstić information content (AvgIpc) is 2.83. The molecule has 1 fully saturated rings. The predicted molar refractivity (Wildman–Crippen MR) is 80.0 cm³/mol. The van der Waals surface area contributed by atoms with Crippen molar-refractivity contribution in [3.05, 3.63) is 0 Å². The molecule has 2 N–H and O–H groups in total. The molecule has 1 amide bonds. The molecular weight excluding hydrogens is 238 g/mol. The van der Waals surface area contributed by atoms with Crippen molar-refractivity contribution >= 4 is 5.91 Å². The summed E-state index contributed by atoms with van der Waals surface area (Å²) in [6, 6.07) is 0. The van der Waals surface area contributed by atoms with Crippen LogP contribution in [0.5, 0.6) is 0 Å². The van der Waals surface area contributed by atoms with Gasteiger partial charge in [0.1, 0.15) is 0 Å². The molecule has 1 heterocycles. The van der Waals surface area contributed by atoms with Crippen molar-refractivity contribution in [1.82, 2.24) is 9.80 Å². The zero-order valence-electron chi connectivity index (χ0n) is 13.1. The fourth-order valence-corrected chi connectivity index (χ4v) is 3.00. The molecule has 4 nitrogen and oxygen atoms in total.